The molecule has 3 rings (SSSR count). The van der Waals surface area contributed by atoms with E-state index in [1.807, 2.05) is 4.90 Å². The summed E-state index contributed by atoms with van der Waals surface area (Å²) < 4.78 is 22.9. The highest BCUT2D eigenvalue weighted by Gasteiger charge is 2.58. The number of hydrogen-bond donors (Lipinski definition) is 1. The lowest BCUT2D eigenvalue weighted by atomic mass is 10.0. The van der Waals surface area contributed by atoms with Gasteiger partial charge >= 0.3 is 0 Å². The molecule has 0 radical (unpaired) electrons. The SMILES string of the molecule is O=C(NC1CCS(=O)(=O)C1)C1(C(=O)N2CCCCC2)CC1. The average molecular weight is 314 g/mol. The second-order valence-corrected chi connectivity index (χ2v) is 8.74. The van der Waals surface area contributed by atoms with Crippen LogP contribution in [0.25, 0.3) is 0 Å². The molecule has 118 valence electrons. The molecule has 0 bridgehead atoms. The van der Waals surface area contributed by atoms with Crippen LogP contribution in [-0.2, 0) is 19.4 Å². The van der Waals surface area contributed by atoms with Gasteiger partial charge in [-0.25, -0.2) is 8.42 Å². The summed E-state index contributed by atoms with van der Waals surface area (Å²) in [6.45, 7) is 1.48. The third-order valence-electron chi connectivity index (χ3n) is 4.80. The van der Waals surface area contributed by atoms with Gasteiger partial charge in [0.25, 0.3) is 0 Å². The third-order valence-corrected chi connectivity index (χ3v) is 6.57. The van der Waals surface area contributed by atoms with E-state index < -0.39 is 15.3 Å². The molecule has 1 atom stereocenters. The van der Waals surface area contributed by atoms with E-state index in [-0.39, 0.29) is 29.4 Å². The summed E-state index contributed by atoms with van der Waals surface area (Å²) in [6.07, 6.45) is 4.79. The van der Waals surface area contributed by atoms with E-state index in [2.05, 4.69) is 5.32 Å². The number of nitrogens with one attached hydrogen (secondary N) is 1. The molecule has 7 heteroatoms. The monoisotopic (exact) mass is 314 g/mol. The lowest BCUT2D eigenvalue weighted by Gasteiger charge is -2.30. The molecular formula is C14H22N2O4S. The van der Waals surface area contributed by atoms with Crippen LogP contribution in [0.1, 0.15) is 38.5 Å². The average Bonchev–Trinajstić information content (AvgIpc) is 3.20. The first-order valence-electron chi connectivity index (χ1n) is 7.74. The van der Waals surface area contributed by atoms with Crippen molar-refractivity contribution in [2.75, 3.05) is 24.6 Å². The lowest BCUT2D eigenvalue weighted by Crippen LogP contribution is -2.49. The summed E-state index contributed by atoms with van der Waals surface area (Å²) >= 11 is 0. The third kappa shape index (κ3) is 2.93. The minimum atomic E-state index is -3.02. The van der Waals surface area contributed by atoms with Gasteiger partial charge in [0.05, 0.1) is 11.5 Å². The Morgan fingerprint density at radius 1 is 1.10 bits per heavy atom. The van der Waals surface area contributed by atoms with Crippen LogP contribution in [0.5, 0.6) is 0 Å². The molecule has 2 aliphatic heterocycles. The molecule has 2 saturated heterocycles. The minimum absolute atomic E-state index is 0.00667. The molecule has 1 N–H and O–H groups in total. The van der Waals surface area contributed by atoms with Gasteiger partial charge in [-0.05, 0) is 38.5 Å². The topological polar surface area (TPSA) is 83.5 Å². The summed E-state index contributed by atoms with van der Waals surface area (Å²) in [4.78, 5) is 26.8. The summed E-state index contributed by atoms with van der Waals surface area (Å²) in [7, 11) is -3.02. The normalized spacial score (nSPS) is 29.9. The Balaban J connectivity index is 1.62. The van der Waals surface area contributed by atoms with Crippen molar-refractivity contribution in [2.24, 2.45) is 5.41 Å². The van der Waals surface area contributed by atoms with Gasteiger partial charge in [0.1, 0.15) is 5.41 Å². The fourth-order valence-electron chi connectivity index (χ4n) is 3.30. The quantitative estimate of drug-likeness (QED) is 0.748. The lowest BCUT2D eigenvalue weighted by molar-refractivity contribution is -0.145. The number of piperidine rings is 1. The highest BCUT2D eigenvalue weighted by molar-refractivity contribution is 7.91. The molecule has 3 fully saturated rings. The first-order valence-corrected chi connectivity index (χ1v) is 9.56. The summed E-state index contributed by atoms with van der Waals surface area (Å²) in [5, 5.41) is 2.79. The Kier molecular flexibility index (Phi) is 3.71. The largest absolute Gasteiger partial charge is 0.351 e. The molecule has 0 spiro atoms. The van der Waals surface area contributed by atoms with Crippen molar-refractivity contribution in [3.05, 3.63) is 0 Å². The fourth-order valence-corrected chi connectivity index (χ4v) is 4.97. The van der Waals surface area contributed by atoms with Crippen molar-refractivity contribution in [3.8, 4) is 0 Å². The number of likely N-dealkylation sites (tertiary alicyclic amines) is 1. The fraction of sp³-hybridized carbons (Fsp3) is 0.857. The Morgan fingerprint density at radius 2 is 1.76 bits per heavy atom. The van der Waals surface area contributed by atoms with Crippen molar-refractivity contribution in [1.82, 2.24) is 10.2 Å². The highest BCUT2D eigenvalue weighted by Crippen LogP contribution is 2.48. The molecule has 2 heterocycles. The molecule has 0 aromatic rings. The second kappa shape index (κ2) is 5.26. The van der Waals surface area contributed by atoms with Crippen LogP contribution in [0.2, 0.25) is 0 Å². The molecule has 6 nitrogen and oxygen atoms in total. The van der Waals surface area contributed by atoms with Crippen LogP contribution in [0, 0.1) is 5.41 Å². The Hall–Kier alpha value is -1.11. The molecule has 1 saturated carbocycles. The number of amides is 2. The maximum absolute atomic E-state index is 12.6. The van der Waals surface area contributed by atoms with Gasteiger partial charge in [-0.15, -0.1) is 0 Å². The van der Waals surface area contributed by atoms with Gasteiger partial charge < -0.3 is 10.2 Å². The van der Waals surface area contributed by atoms with Gasteiger partial charge in [-0.2, -0.15) is 0 Å². The Labute approximate surface area is 125 Å². The predicted molar refractivity (Wildman–Crippen MR) is 77.3 cm³/mol. The van der Waals surface area contributed by atoms with E-state index in [9.17, 15) is 18.0 Å². The van der Waals surface area contributed by atoms with Crippen LogP contribution in [0.15, 0.2) is 0 Å². The maximum atomic E-state index is 12.6. The van der Waals surface area contributed by atoms with E-state index in [1.54, 1.807) is 0 Å². The molecule has 21 heavy (non-hydrogen) atoms. The zero-order chi connectivity index (χ0) is 15.1. The molecule has 1 unspecified atom stereocenters. The predicted octanol–water partition coefficient (Wildman–Crippen LogP) is 0.0824. The molecule has 0 aromatic heterocycles. The van der Waals surface area contributed by atoms with E-state index >= 15 is 0 Å². The van der Waals surface area contributed by atoms with Crippen molar-refractivity contribution in [1.29, 1.82) is 0 Å². The first kappa shape index (κ1) is 14.8. The zero-order valence-corrected chi connectivity index (χ0v) is 13.0. The maximum Gasteiger partial charge on any atom is 0.238 e. The number of carbonyl (C=O) groups excluding carboxylic acids is 2. The van der Waals surface area contributed by atoms with E-state index in [4.69, 9.17) is 0 Å². The van der Waals surface area contributed by atoms with Gasteiger partial charge in [-0.1, -0.05) is 0 Å². The number of rotatable bonds is 3. The Morgan fingerprint density at radius 3 is 2.29 bits per heavy atom. The van der Waals surface area contributed by atoms with Crippen LogP contribution < -0.4 is 5.32 Å². The van der Waals surface area contributed by atoms with Crippen molar-refractivity contribution >= 4 is 21.7 Å². The van der Waals surface area contributed by atoms with Crippen molar-refractivity contribution in [3.63, 3.8) is 0 Å². The number of sulfone groups is 1. The summed E-state index contributed by atoms with van der Waals surface area (Å²) in [5.74, 6) is -0.182. The second-order valence-electron chi connectivity index (χ2n) is 6.51. The summed E-state index contributed by atoms with van der Waals surface area (Å²) in [6, 6.07) is -0.325. The molecule has 2 amide bonds. The van der Waals surface area contributed by atoms with Gasteiger partial charge in [-0.3, -0.25) is 9.59 Å². The number of nitrogens with zero attached hydrogens (tertiary/aromatic N) is 1. The zero-order valence-electron chi connectivity index (χ0n) is 12.1. The van der Waals surface area contributed by atoms with Gasteiger partial charge in [0.2, 0.25) is 11.8 Å². The molecule has 0 aromatic carbocycles. The van der Waals surface area contributed by atoms with Crippen molar-refractivity contribution < 1.29 is 18.0 Å². The van der Waals surface area contributed by atoms with Crippen LogP contribution in [0.4, 0.5) is 0 Å². The van der Waals surface area contributed by atoms with Gasteiger partial charge in [0.15, 0.2) is 9.84 Å². The number of hydrogen-bond acceptors (Lipinski definition) is 4. The van der Waals surface area contributed by atoms with Gasteiger partial charge in [0, 0.05) is 19.1 Å². The number of carbonyl (C=O) groups is 2. The van der Waals surface area contributed by atoms with Crippen LogP contribution in [0.3, 0.4) is 0 Å². The Bertz CT molecular complexity index is 547. The standard InChI is InChI=1S/C14H22N2O4S/c17-12(15-11-4-9-21(19,20)10-11)14(5-6-14)13(18)16-7-2-1-3-8-16/h11H,1-10H2,(H,15,17). The first-order chi connectivity index (χ1) is 9.93. The van der Waals surface area contributed by atoms with Crippen LogP contribution in [-0.4, -0.2) is 55.8 Å². The van der Waals surface area contributed by atoms with E-state index in [0.717, 1.165) is 32.4 Å². The van der Waals surface area contributed by atoms with E-state index in [0.29, 0.717) is 19.3 Å². The highest BCUT2D eigenvalue weighted by atomic mass is 32.2. The summed E-state index contributed by atoms with van der Waals surface area (Å²) in [5.41, 5.74) is -0.899. The molecule has 1 aliphatic carbocycles. The van der Waals surface area contributed by atoms with Crippen molar-refractivity contribution in [2.45, 2.75) is 44.6 Å². The minimum Gasteiger partial charge on any atom is -0.351 e. The molecular weight excluding hydrogens is 292 g/mol. The van der Waals surface area contributed by atoms with E-state index in [1.165, 1.54) is 0 Å². The molecule has 3 aliphatic rings. The smallest absolute Gasteiger partial charge is 0.238 e. The van der Waals surface area contributed by atoms with Crippen LogP contribution >= 0.6 is 0 Å².